The lowest BCUT2D eigenvalue weighted by molar-refractivity contribution is -0.346. The lowest BCUT2D eigenvalue weighted by atomic mass is 9.44. The van der Waals surface area contributed by atoms with Crippen molar-refractivity contribution in [3.63, 3.8) is 0 Å². The van der Waals surface area contributed by atoms with E-state index >= 15 is 4.79 Å². The number of hydrogen-bond donors (Lipinski definition) is 4. The van der Waals surface area contributed by atoms with Crippen LogP contribution in [0.2, 0.25) is 0 Å². The van der Waals surface area contributed by atoms with Crippen molar-refractivity contribution in [2.45, 2.75) is 154 Å². The Balaban J connectivity index is 1.71. The molecule has 338 valence electrons. The lowest BCUT2D eigenvalue weighted by Gasteiger charge is -2.67. The first-order valence-electron chi connectivity index (χ1n) is 19.8. The number of nitrogens with one attached hydrogen (secondary N) is 1. The van der Waals surface area contributed by atoms with Crippen LogP contribution in [0.1, 0.15) is 98.4 Å². The molecule has 1 heterocycles. The smallest absolute Gasteiger partial charge is 0.407 e. The molecule has 11 atom stereocenters. The highest BCUT2D eigenvalue weighted by atomic mass is 19.4. The van der Waals surface area contributed by atoms with E-state index < -0.39 is 137 Å². The predicted molar refractivity (Wildman–Crippen MR) is 203 cm³/mol. The lowest BCUT2D eigenvalue weighted by Crippen LogP contribution is -2.82. The van der Waals surface area contributed by atoms with Gasteiger partial charge in [0.05, 0.1) is 35.6 Å². The topological polar surface area (TPSA) is 231 Å². The van der Waals surface area contributed by atoms with Gasteiger partial charge >= 0.3 is 36.1 Å². The maximum absolute atomic E-state index is 15.4. The maximum Gasteiger partial charge on any atom is 0.407 e. The van der Waals surface area contributed by atoms with E-state index in [1.165, 1.54) is 72.7 Å². The summed E-state index contributed by atoms with van der Waals surface area (Å²) in [4.78, 5) is 81.9. The molecule has 3 aliphatic carbocycles. The van der Waals surface area contributed by atoms with Crippen molar-refractivity contribution in [2.24, 2.45) is 16.7 Å². The molecule has 0 aromatic heterocycles. The molecule has 0 unspecified atom stereocenters. The summed E-state index contributed by atoms with van der Waals surface area (Å²) in [5.74, 6) is -7.02. The number of benzene rings is 1. The van der Waals surface area contributed by atoms with Crippen molar-refractivity contribution in [3.05, 3.63) is 47.0 Å². The Hall–Kier alpha value is -4.59. The molecule has 4 N–H and O–H groups in total. The molecule has 16 nitrogen and oxygen atoms in total. The van der Waals surface area contributed by atoms with Gasteiger partial charge in [0.2, 0.25) is 0 Å². The fourth-order valence-electron chi connectivity index (χ4n) is 9.48. The number of rotatable bonds is 10. The van der Waals surface area contributed by atoms with Gasteiger partial charge < -0.3 is 49.1 Å². The molecule has 61 heavy (non-hydrogen) atoms. The number of alkyl carbamates (subject to hydrolysis) is 1. The average Bonchev–Trinajstić information content (AvgIpc) is 3.13. The number of aliphatic hydroxyl groups is 3. The second kappa shape index (κ2) is 16.6. The van der Waals surface area contributed by atoms with Gasteiger partial charge in [-0.25, -0.2) is 14.4 Å². The van der Waals surface area contributed by atoms with Gasteiger partial charge in [-0.1, -0.05) is 32.0 Å². The van der Waals surface area contributed by atoms with Crippen molar-refractivity contribution < 1.29 is 85.7 Å². The van der Waals surface area contributed by atoms with E-state index in [0.717, 1.165) is 13.8 Å². The van der Waals surface area contributed by atoms with Crippen molar-refractivity contribution in [1.82, 2.24) is 5.32 Å². The first-order valence-corrected chi connectivity index (χ1v) is 19.8. The Kier molecular flexibility index (Phi) is 12.9. The summed E-state index contributed by atoms with van der Waals surface area (Å²) in [7, 11) is 0. The van der Waals surface area contributed by atoms with Crippen LogP contribution in [-0.2, 0) is 47.6 Å². The Bertz CT molecular complexity index is 1950. The second-order valence-corrected chi connectivity index (χ2v) is 18.0. The van der Waals surface area contributed by atoms with E-state index in [-0.39, 0.29) is 29.7 Å². The predicted octanol–water partition coefficient (Wildman–Crippen LogP) is 3.80. The normalized spacial score (nSPS) is 32.9. The van der Waals surface area contributed by atoms with Gasteiger partial charge in [-0.2, -0.15) is 13.2 Å². The number of halogens is 3. The van der Waals surface area contributed by atoms with Gasteiger partial charge in [-0.05, 0) is 64.3 Å². The zero-order valence-corrected chi connectivity index (χ0v) is 35.4. The van der Waals surface area contributed by atoms with Gasteiger partial charge in [-0.3, -0.25) is 14.4 Å². The molecule has 1 amide bonds. The fourth-order valence-corrected chi connectivity index (χ4v) is 9.48. The summed E-state index contributed by atoms with van der Waals surface area (Å²) < 4.78 is 75.0. The second-order valence-electron chi connectivity index (χ2n) is 18.0. The molecule has 1 aromatic rings. The standard InChI is InChI=1S/C42H54F3NO15/c1-20-25(58-35(53)29(50)24(15-16-42(43,44)45)46-36(54)61-37(4,5)6)18-41(55)33(59-34(52)23-13-11-10-12-14-23)31-39(9,26(49)17-27-40(31,19-56-27)60-22(3)48)32(51)30(57-21(2)47)28(20)38(41,7)8/h10-14,24-27,29-31,33,49-50,55H,15-19H2,1-9H3,(H,46,54)/t24-,25-,26-,27+,29+,30+,31-,33-,39+,40-,41+/m0/s1. The highest BCUT2D eigenvalue weighted by Crippen LogP contribution is 2.64. The van der Waals surface area contributed by atoms with Gasteiger partial charge in [-0.15, -0.1) is 0 Å². The number of hydrogen-bond acceptors (Lipinski definition) is 15. The molecule has 3 fully saturated rings. The summed E-state index contributed by atoms with van der Waals surface area (Å²) in [5, 5.41) is 38.8. The number of alkyl halides is 3. The highest BCUT2D eigenvalue weighted by Gasteiger charge is 2.78. The first kappa shape index (κ1) is 47.5. The number of ketones is 1. The van der Waals surface area contributed by atoms with Crippen LogP contribution in [0.5, 0.6) is 0 Å². The summed E-state index contributed by atoms with van der Waals surface area (Å²) >= 11 is 0. The Morgan fingerprint density at radius 3 is 2.13 bits per heavy atom. The number of ether oxygens (including phenoxy) is 6. The van der Waals surface area contributed by atoms with Crippen molar-refractivity contribution in [2.75, 3.05) is 6.61 Å². The SMILES string of the molecule is CC(=O)O[C@H]1C(=O)[C@@]2(C)[C@H]([C@H](OC(=O)c3ccccc3)[C@]3(O)C[C@H](OC(=O)[C@H](O)[C@H](CCC(F)(F)F)NC(=O)OC(C)(C)C)C(C)=C1C3(C)C)[C@]1(OC(C)=O)CO[C@@H]1C[C@@H]2O. The molecular weight excluding hydrogens is 815 g/mol. The number of esters is 4. The highest BCUT2D eigenvalue weighted by molar-refractivity contribution is 5.95. The van der Waals surface area contributed by atoms with Gasteiger partial charge in [0.1, 0.15) is 29.5 Å². The molecule has 2 bridgehead atoms. The van der Waals surface area contributed by atoms with Crippen LogP contribution in [0.25, 0.3) is 0 Å². The zero-order valence-electron chi connectivity index (χ0n) is 35.4. The maximum atomic E-state index is 15.4. The molecule has 5 rings (SSSR count). The van der Waals surface area contributed by atoms with Gasteiger partial charge in [0.15, 0.2) is 23.6 Å². The molecule has 1 aromatic carbocycles. The van der Waals surface area contributed by atoms with E-state index in [0.29, 0.717) is 0 Å². The number of amides is 1. The van der Waals surface area contributed by atoms with E-state index in [1.807, 2.05) is 0 Å². The van der Waals surface area contributed by atoms with Crippen LogP contribution in [0, 0.1) is 16.7 Å². The minimum atomic E-state index is -4.77. The Labute approximate surface area is 350 Å². The van der Waals surface area contributed by atoms with Crippen molar-refractivity contribution >= 4 is 35.8 Å². The fraction of sp³-hybridized carbons (Fsp3) is 0.667. The molecule has 1 saturated heterocycles. The third-order valence-corrected chi connectivity index (χ3v) is 12.5. The third-order valence-electron chi connectivity index (χ3n) is 12.5. The minimum Gasteiger partial charge on any atom is -0.456 e. The summed E-state index contributed by atoms with van der Waals surface area (Å²) in [6.07, 6.45) is -20.3. The molecule has 2 saturated carbocycles. The molecule has 19 heteroatoms. The number of Topliss-reactive ketones (excluding diaryl/α,β-unsaturated/α-hetero) is 1. The molecule has 0 radical (unpaired) electrons. The summed E-state index contributed by atoms with van der Waals surface area (Å²) in [6, 6.07) is 5.62. The number of carbonyl (C=O) groups excluding carboxylic acids is 6. The summed E-state index contributed by atoms with van der Waals surface area (Å²) in [6.45, 7) is 11.8. The van der Waals surface area contributed by atoms with Crippen LogP contribution < -0.4 is 5.32 Å². The number of carbonyl (C=O) groups is 6. The van der Waals surface area contributed by atoms with E-state index in [4.69, 9.17) is 28.4 Å². The van der Waals surface area contributed by atoms with Gasteiger partial charge in [0, 0.05) is 38.5 Å². The van der Waals surface area contributed by atoms with Crippen molar-refractivity contribution in [3.8, 4) is 0 Å². The zero-order chi connectivity index (χ0) is 45.8. The number of aliphatic hydroxyl groups excluding tert-OH is 2. The molecule has 1 aliphatic heterocycles. The van der Waals surface area contributed by atoms with Crippen LogP contribution in [0.3, 0.4) is 0 Å². The molecular formula is C42H54F3NO15. The third kappa shape index (κ3) is 8.88. The van der Waals surface area contributed by atoms with Crippen LogP contribution in [0.15, 0.2) is 41.5 Å². The Morgan fingerprint density at radius 1 is 0.984 bits per heavy atom. The Morgan fingerprint density at radius 2 is 1.61 bits per heavy atom. The number of fused-ring (bicyclic) bond motifs is 5. The molecule has 4 aliphatic rings. The van der Waals surface area contributed by atoms with Crippen LogP contribution >= 0.6 is 0 Å². The van der Waals surface area contributed by atoms with E-state index in [2.05, 4.69) is 5.32 Å². The van der Waals surface area contributed by atoms with Crippen LogP contribution in [-0.4, -0.2) is 123 Å². The summed E-state index contributed by atoms with van der Waals surface area (Å²) in [5.41, 5.74) is -9.56. The monoisotopic (exact) mass is 869 g/mol. The van der Waals surface area contributed by atoms with E-state index in [9.17, 15) is 52.5 Å². The van der Waals surface area contributed by atoms with Gasteiger partial charge in [0.25, 0.3) is 0 Å². The van der Waals surface area contributed by atoms with Crippen LogP contribution in [0.4, 0.5) is 18.0 Å². The minimum absolute atomic E-state index is 0.00167. The van der Waals surface area contributed by atoms with Crippen molar-refractivity contribution in [1.29, 1.82) is 0 Å². The first-order chi connectivity index (χ1) is 28.0. The molecule has 0 spiro atoms. The van der Waals surface area contributed by atoms with E-state index in [1.54, 1.807) is 6.07 Å². The average molecular weight is 870 g/mol. The largest absolute Gasteiger partial charge is 0.456 e. The quantitative estimate of drug-likeness (QED) is 0.149.